The Bertz CT molecular complexity index is 293. The Morgan fingerprint density at radius 3 is 3.00 bits per heavy atom. The summed E-state index contributed by atoms with van der Waals surface area (Å²) >= 11 is 0. The molecule has 0 aromatic heterocycles. The molecule has 0 bridgehead atoms. The molecule has 2 heteroatoms. The molecule has 0 unspecified atom stereocenters. The van der Waals surface area contributed by atoms with E-state index in [2.05, 4.69) is 11.6 Å². The number of rotatable bonds is 2. The Hall–Kier alpha value is -1.44. The van der Waals surface area contributed by atoms with E-state index in [0.29, 0.717) is 0 Å². The van der Waals surface area contributed by atoms with Crippen molar-refractivity contribution in [2.45, 2.75) is 13.3 Å². The Morgan fingerprint density at radius 2 is 2.42 bits per heavy atom. The van der Waals surface area contributed by atoms with Crippen molar-refractivity contribution >= 4 is 11.9 Å². The molecule has 0 radical (unpaired) electrons. The third-order valence-corrected chi connectivity index (χ3v) is 1.83. The van der Waals surface area contributed by atoms with Gasteiger partial charge in [0.15, 0.2) is 0 Å². The van der Waals surface area contributed by atoms with Gasteiger partial charge in [-0.15, -0.1) is 0 Å². The zero-order valence-corrected chi connectivity index (χ0v) is 7.17. The average Bonchev–Trinajstić information content (AvgIpc) is 2.26. The van der Waals surface area contributed by atoms with Gasteiger partial charge < -0.3 is 5.41 Å². The molecule has 0 saturated carbocycles. The second-order valence-electron chi connectivity index (χ2n) is 2.59. The highest BCUT2D eigenvalue weighted by Gasteiger charge is 2.05. The molecule has 0 aromatic rings. The largest absolute Gasteiger partial charge is 0.308 e. The lowest BCUT2D eigenvalue weighted by Crippen LogP contribution is -1.98. The fraction of sp³-hybridized carbons (Fsp3) is 0.200. The maximum Gasteiger partial charge on any atom is 0.0447 e. The zero-order chi connectivity index (χ0) is 8.97. The highest BCUT2D eigenvalue weighted by Crippen LogP contribution is 2.14. The van der Waals surface area contributed by atoms with E-state index in [1.54, 1.807) is 12.3 Å². The molecule has 1 aliphatic rings. The molecule has 62 valence electrons. The lowest BCUT2D eigenvalue weighted by molar-refractivity contribution is 1.30. The smallest absolute Gasteiger partial charge is 0.0447 e. The van der Waals surface area contributed by atoms with Crippen LogP contribution in [-0.2, 0) is 0 Å². The average molecular weight is 160 g/mol. The van der Waals surface area contributed by atoms with Gasteiger partial charge >= 0.3 is 0 Å². The quantitative estimate of drug-likeness (QED) is 0.602. The molecule has 0 fully saturated rings. The first-order chi connectivity index (χ1) is 5.79. The fourth-order valence-corrected chi connectivity index (χ4v) is 1.17. The number of aliphatic imine (C=N–C) groups is 1. The summed E-state index contributed by atoms with van der Waals surface area (Å²) in [7, 11) is 0. The molecule has 1 N–H and O–H groups in total. The topological polar surface area (TPSA) is 36.2 Å². The monoisotopic (exact) mass is 160 g/mol. The fourth-order valence-electron chi connectivity index (χ4n) is 1.17. The minimum atomic E-state index is 0.770. The van der Waals surface area contributed by atoms with Crippen molar-refractivity contribution in [2.24, 2.45) is 4.99 Å². The summed E-state index contributed by atoms with van der Waals surface area (Å²) in [5.41, 5.74) is 2.88. The molecule has 12 heavy (non-hydrogen) atoms. The Kier molecular flexibility index (Phi) is 2.75. The third-order valence-electron chi connectivity index (χ3n) is 1.83. The maximum atomic E-state index is 7.20. The molecule has 0 aromatic carbocycles. The van der Waals surface area contributed by atoms with Gasteiger partial charge in [-0.25, -0.2) is 0 Å². The van der Waals surface area contributed by atoms with Crippen molar-refractivity contribution in [3.63, 3.8) is 0 Å². The molecule has 0 atom stereocenters. The van der Waals surface area contributed by atoms with E-state index in [1.165, 1.54) is 6.21 Å². The van der Waals surface area contributed by atoms with Crippen LogP contribution in [0.5, 0.6) is 0 Å². The summed E-state index contributed by atoms with van der Waals surface area (Å²) in [5, 5.41) is 7.20. The van der Waals surface area contributed by atoms with Crippen LogP contribution in [0.15, 0.2) is 41.1 Å². The number of allylic oxidation sites excluding steroid dienone is 4. The SMILES string of the molecule is C=CC1=C(C=N)CC=CN=C1C. The van der Waals surface area contributed by atoms with E-state index in [0.717, 1.165) is 23.3 Å². The third kappa shape index (κ3) is 1.59. The van der Waals surface area contributed by atoms with Crippen molar-refractivity contribution < 1.29 is 0 Å². The van der Waals surface area contributed by atoms with Crippen molar-refractivity contribution in [2.75, 3.05) is 0 Å². The molecule has 1 aliphatic heterocycles. The van der Waals surface area contributed by atoms with Crippen molar-refractivity contribution in [3.8, 4) is 0 Å². The number of nitrogens with zero attached hydrogens (tertiary/aromatic N) is 1. The van der Waals surface area contributed by atoms with Gasteiger partial charge in [0.1, 0.15) is 0 Å². The summed E-state index contributed by atoms with van der Waals surface area (Å²) in [6.07, 6.45) is 7.61. The van der Waals surface area contributed by atoms with E-state index in [9.17, 15) is 0 Å². The molecule has 0 spiro atoms. The van der Waals surface area contributed by atoms with Gasteiger partial charge in [0, 0.05) is 23.7 Å². The standard InChI is InChI=1S/C10H12N2/c1-3-10-8(2)12-6-4-5-9(10)7-11/h3-4,6-7,11H,1,5H2,2H3. The van der Waals surface area contributed by atoms with Crippen LogP contribution < -0.4 is 0 Å². The summed E-state index contributed by atoms with van der Waals surface area (Å²) < 4.78 is 0. The molecule has 1 rings (SSSR count). The van der Waals surface area contributed by atoms with Crippen LogP contribution in [0.3, 0.4) is 0 Å². The maximum absolute atomic E-state index is 7.20. The number of hydrogen-bond donors (Lipinski definition) is 1. The van der Waals surface area contributed by atoms with E-state index in [1.807, 2.05) is 13.0 Å². The van der Waals surface area contributed by atoms with E-state index < -0.39 is 0 Å². The van der Waals surface area contributed by atoms with Gasteiger partial charge in [0.25, 0.3) is 0 Å². The van der Waals surface area contributed by atoms with Gasteiger partial charge in [0.05, 0.1) is 0 Å². The van der Waals surface area contributed by atoms with E-state index in [-0.39, 0.29) is 0 Å². The van der Waals surface area contributed by atoms with E-state index in [4.69, 9.17) is 5.41 Å². The second kappa shape index (κ2) is 3.81. The first-order valence-electron chi connectivity index (χ1n) is 3.85. The lowest BCUT2D eigenvalue weighted by atomic mass is 10.0. The van der Waals surface area contributed by atoms with Crippen LogP contribution in [0.1, 0.15) is 13.3 Å². The predicted molar refractivity (Wildman–Crippen MR) is 52.9 cm³/mol. The van der Waals surface area contributed by atoms with Crippen LogP contribution in [-0.4, -0.2) is 11.9 Å². The predicted octanol–water partition coefficient (Wildman–Crippen LogP) is 2.50. The Balaban J connectivity index is 3.17. The van der Waals surface area contributed by atoms with Gasteiger partial charge in [-0.3, -0.25) is 4.99 Å². The van der Waals surface area contributed by atoms with Crippen LogP contribution in [0.4, 0.5) is 0 Å². The highest BCUT2D eigenvalue weighted by molar-refractivity contribution is 6.05. The first-order valence-corrected chi connectivity index (χ1v) is 3.85. The van der Waals surface area contributed by atoms with Crippen molar-refractivity contribution in [1.82, 2.24) is 0 Å². The minimum absolute atomic E-state index is 0.770. The first kappa shape index (κ1) is 8.65. The molecular formula is C10H12N2. The van der Waals surface area contributed by atoms with E-state index >= 15 is 0 Å². The molecule has 0 aliphatic carbocycles. The summed E-state index contributed by atoms with van der Waals surface area (Å²) in [4.78, 5) is 4.18. The van der Waals surface area contributed by atoms with Crippen molar-refractivity contribution in [3.05, 3.63) is 36.1 Å². The zero-order valence-electron chi connectivity index (χ0n) is 7.17. The Morgan fingerprint density at radius 1 is 1.67 bits per heavy atom. The molecular weight excluding hydrogens is 148 g/mol. The molecule has 0 amide bonds. The second-order valence-corrected chi connectivity index (χ2v) is 2.59. The van der Waals surface area contributed by atoms with Gasteiger partial charge in [-0.05, 0) is 18.9 Å². The van der Waals surface area contributed by atoms with Crippen LogP contribution in [0, 0.1) is 5.41 Å². The van der Waals surface area contributed by atoms with Gasteiger partial charge in [0.2, 0.25) is 0 Å². The molecule has 0 saturated heterocycles. The van der Waals surface area contributed by atoms with Crippen LogP contribution in [0.2, 0.25) is 0 Å². The van der Waals surface area contributed by atoms with Crippen LogP contribution in [0.25, 0.3) is 0 Å². The summed E-state index contributed by atoms with van der Waals surface area (Å²) in [5.74, 6) is 0. The summed E-state index contributed by atoms with van der Waals surface area (Å²) in [6, 6.07) is 0. The van der Waals surface area contributed by atoms with Crippen molar-refractivity contribution in [1.29, 1.82) is 5.41 Å². The molecule has 1 heterocycles. The Labute approximate surface area is 72.5 Å². The number of hydrogen-bond acceptors (Lipinski definition) is 2. The number of nitrogens with one attached hydrogen (secondary N) is 1. The highest BCUT2D eigenvalue weighted by atomic mass is 14.7. The summed E-state index contributed by atoms with van der Waals surface area (Å²) in [6.45, 7) is 5.63. The van der Waals surface area contributed by atoms with Gasteiger partial charge in [-0.1, -0.05) is 18.7 Å². The normalized spacial score (nSPS) is 16.9. The van der Waals surface area contributed by atoms with Gasteiger partial charge in [-0.2, -0.15) is 0 Å². The minimum Gasteiger partial charge on any atom is -0.308 e. The molecule has 2 nitrogen and oxygen atoms in total. The van der Waals surface area contributed by atoms with Crippen LogP contribution >= 0.6 is 0 Å². The lowest BCUT2D eigenvalue weighted by Gasteiger charge is -2.02.